The van der Waals surface area contributed by atoms with Gasteiger partial charge in [-0.2, -0.15) is 0 Å². The molecule has 3 heterocycles. The molecule has 1 saturated heterocycles. The molecular weight excluding hydrogens is 566 g/mol. The van der Waals surface area contributed by atoms with Crippen LogP contribution in [0.3, 0.4) is 0 Å². The lowest BCUT2D eigenvalue weighted by Crippen LogP contribution is -2.48. The summed E-state index contributed by atoms with van der Waals surface area (Å²) in [7, 11) is -2.05. The van der Waals surface area contributed by atoms with Gasteiger partial charge in [0, 0.05) is 61.5 Å². The monoisotopic (exact) mass is 596 g/mol. The zero-order valence-electron chi connectivity index (χ0n) is 23.5. The van der Waals surface area contributed by atoms with E-state index in [9.17, 15) is 23.1 Å². The average molecular weight is 597 g/mol. The minimum atomic E-state index is -3.84. The molecule has 5 rings (SSSR count). The number of aryl methyl sites for hydroxylation is 1. The lowest BCUT2D eigenvalue weighted by atomic mass is 10.1. The minimum absolute atomic E-state index is 0.113. The average Bonchev–Trinajstić information content (AvgIpc) is 2.99. The first-order valence-corrected chi connectivity index (χ1v) is 15.2. The van der Waals surface area contributed by atoms with Crippen molar-refractivity contribution in [3.05, 3.63) is 119 Å². The van der Waals surface area contributed by atoms with Crippen molar-refractivity contribution in [3.8, 4) is 17.6 Å². The first-order valence-electron chi connectivity index (χ1n) is 13.5. The number of aromatic nitrogens is 2. The number of nitrogens with one attached hydrogen (secondary N) is 1. The van der Waals surface area contributed by atoms with Crippen LogP contribution < -0.4 is 14.2 Å². The van der Waals surface area contributed by atoms with Gasteiger partial charge in [-0.3, -0.25) is 14.6 Å². The second-order valence-electron chi connectivity index (χ2n) is 10.2. The van der Waals surface area contributed by atoms with E-state index in [-0.39, 0.29) is 23.0 Å². The summed E-state index contributed by atoms with van der Waals surface area (Å²) in [6, 6.07) is 18.7. The van der Waals surface area contributed by atoms with Crippen LogP contribution in [-0.4, -0.2) is 61.4 Å². The van der Waals surface area contributed by atoms with Crippen molar-refractivity contribution in [3.63, 3.8) is 0 Å². The number of carbonyl (C=O) groups excluding carboxylic acids is 2. The smallest absolute Gasteiger partial charge is 0.264 e. The van der Waals surface area contributed by atoms with Gasteiger partial charge in [-0.05, 0) is 35.9 Å². The summed E-state index contributed by atoms with van der Waals surface area (Å²) in [4.78, 5) is 33.8. The molecule has 2 aromatic carbocycles. The molecule has 0 unspecified atom stereocenters. The SMILES string of the molecule is C[n+]1cc(O)cc(C#Cc2cncc(C(=O)N3CCN(c4ccc(C(=O)NS(=O)(=O)Cc5ccccc5)cc4)CC3)c2)c1. The largest absolute Gasteiger partial charge is 0.503 e. The van der Waals surface area contributed by atoms with Gasteiger partial charge in [0.2, 0.25) is 16.2 Å². The first kappa shape index (κ1) is 29.3. The molecule has 10 nitrogen and oxygen atoms in total. The highest BCUT2D eigenvalue weighted by Gasteiger charge is 2.23. The van der Waals surface area contributed by atoms with Crippen LogP contribution in [0.1, 0.15) is 37.4 Å². The first-order chi connectivity index (χ1) is 20.6. The Morgan fingerprint density at radius 3 is 2.30 bits per heavy atom. The molecular formula is C32H30N5O5S+. The Morgan fingerprint density at radius 1 is 0.907 bits per heavy atom. The summed E-state index contributed by atoms with van der Waals surface area (Å²) < 4.78 is 28.7. The molecule has 0 aliphatic carbocycles. The fourth-order valence-electron chi connectivity index (χ4n) is 4.74. The van der Waals surface area contributed by atoms with E-state index in [1.807, 2.05) is 0 Å². The highest BCUT2D eigenvalue weighted by atomic mass is 32.2. The van der Waals surface area contributed by atoms with E-state index < -0.39 is 15.9 Å². The molecule has 2 amide bonds. The Kier molecular flexibility index (Phi) is 8.69. The normalized spacial score (nSPS) is 13.1. The molecule has 1 fully saturated rings. The molecule has 0 atom stereocenters. The number of anilines is 1. The summed E-state index contributed by atoms with van der Waals surface area (Å²) in [5, 5.41) is 9.77. The number of piperazine rings is 1. The lowest BCUT2D eigenvalue weighted by Gasteiger charge is -2.36. The van der Waals surface area contributed by atoms with Crippen molar-refractivity contribution >= 4 is 27.5 Å². The number of hydrogen-bond acceptors (Lipinski definition) is 7. The Hall–Kier alpha value is -5.21. The predicted octanol–water partition coefficient (Wildman–Crippen LogP) is 2.23. The number of sulfonamides is 1. The van der Waals surface area contributed by atoms with E-state index in [1.165, 1.54) is 6.20 Å². The third-order valence-corrected chi connectivity index (χ3v) is 8.04. The van der Waals surface area contributed by atoms with Gasteiger partial charge in [0.15, 0.2) is 11.9 Å². The van der Waals surface area contributed by atoms with Crippen LogP contribution in [0.25, 0.3) is 0 Å². The fraction of sp³-hybridized carbons (Fsp3) is 0.188. The number of carbonyl (C=O) groups is 2. The third-order valence-electron chi connectivity index (χ3n) is 6.83. The van der Waals surface area contributed by atoms with Crippen LogP contribution in [0.15, 0.2) is 91.5 Å². The lowest BCUT2D eigenvalue weighted by molar-refractivity contribution is -0.672. The van der Waals surface area contributed by atoms with E-state index >= 15 is 0 Å². The number of rotatable bonds is 6. The zero-order valence-corrected chi connectivity index (χ0v) is 24.3. The number of amides is 2. The zero-order chi connectivity index (χ0) is 30.4. The van der Waals surface area contributed by atoms with Gasteiger partial charge in [-0.25, -0.2) is 17.7 Å². The summed E-state index contributed by atoms with van der Waals surface area (Å²) in [5.74, 6) is 4.99. The maximum atomic E-state index is 13.2. The maximum Gasteiger partial charge on any atom is 0.264 e. The topological polar surface area (TPSA) is 124 Å². The molecule has 43 heavy (non-hydrogen) atoms. The fourth-order valence-corrected chi connectivity index (χ4v) is 5.84. The molecule has 4 aromatic rings. The Morgan fingerprint density at radius 2 is 1.60 bits per heavy atom. The molecule has 1 aliphatic rings. The molecule has 2 N–H and O–H groups in total. The number of pyridine rings is 2. The van der Waals surface area contributed by atoms with E-state index in [4.69, 9.17) is 0 Å². The number of nitrogens with zero attached hydrogens (tertiary/aromatic N) is 4. The Labute approximate surface area is 250 Å². The molecule has 1 aliphatic heterocycles. The summed E-state index contributed by atoms with van der Waals surface area (Å²) >= 11 is 0. The van der Waals surface area contributed by atoms with Crippen molar-refractivity contribution < 1.29 is 27.7 Å². The second kappa shape index (κ2) is 12.8. The summed E-state index contributed by atoms with van der Waals surface area (Å²) in [6.07, 6.45) is 6.47. The number of aromatic hydroxyl groups is 1. The number of benzene rings is 2. The van der Waals surface area contributed by atoms with Crippen molar-refractivity contribution in [1.29, 1.82) is 0 Å². The van der Waals surface area contributed by atoms with Crippen LogP contribution in [0.4, 0.5) is 5.69 Å². The van der Waals surface area contributed by atoms with E-state index in [1.54, 1.807) is 102 Å². The molecule has 0 saturated carbocycles. The van der Waals surface area contributed by atoms with Crippen LogP contribution in [0, 0.1) is 11.8 Å². The van der Waals surface area contributed by atoms with Crippen LogP contribution in [-0.2, 0) is 22.8 Å². The third kappa shape index (κ3) is 7.75. The molecule has 0 spiro atoms. The van der Waals surface area contributed by atoms with Crippen molar-refractivity contribution in [1.82, 2.24) is 14.6 Å². The summed E-state index contributed by atoms with van der Waals surface area (Å²) in [6.45, 7) is 2.16. The van der Waals surface area contributed by atoms with Crippen LogP contribution in [0.2, 0.25) is 0 Å². The predicted molar refractivity (Wildman–Crippen MR) is 161 cm³/mol. The van der Waals surface area contributed by atoms with Gasteiger partial charge in [-0.1, -0.05) is 42.2 Å². The van der Waals surface area contributed by atoms with Gasteiger partial charge in [-0.15, -0.1) is 0 Å². The quantitative estimate of drug-likeness (QED) is 0.259. The second-order valence-corrected chi connectivity index (χ2v) is 11.9. The Balaban J connectivity index is 1.16. The summed E-state index contributed by atoms with van der Waals surface area (Å²) in [5.41, 5.74) is 3.37. The maximum absolute atomic E-state index is 13.2. The van der Waals surface area contributed by atoms with Crippen molar-refractivity contribution in [2.24, 2.45) is 7.05 Å². The standard InChI is InChI=1S/C32H29N5O5S/c1-35-21-26(18-30(38)22-35)8-7-25-17-28(20-33-19-25)32(40)37-15-13-36(14-16-37)29-11-9-27(10-12-29)31(39)34-43(41,42)23-24-5-3-2-4-6-24/h2-6,9-12,17-22H,13-16,23H2,1H3,(H-,34,38,39)/p+1. The van der Waals surface area contributed by atoms with Gasteiger partial charge in [0.05, 0.1) is 16.9 Å². The van der Waals surface area contributed by atoms with Gasteiger partial charge in [0.25, 0.3) is 11.8 Å². The highest BCUT2D eigenvalue weighted by molar-refractivity contribution is 7.89. The van der Waals surface area contributed by atoms with E-state index in [2.05, 4.69) is 26.4 Å². The van der Waals surface area contributed by atoms with Gasteiger partial charge in [0.1, 0.15) is 7.05 Å². The van der Waals surface area contributed by atoms with Gasteiger partial charge >= 0.3 is 0 Å². The molecule has 0 radical (unpaired) electrons. The van der Waals surface area contributed by atoms with Gasteiger partial charge < -0.3 is 14.9 Å². The Bertz CT molecular complexity index is 1790. The van der Waals surface area contributed by atoms with E-state index in [0.29, 0.717) is 48.4 Å². The van der Waals surface area contributed by atoms with Crippen molar-refractivity contribution in [2.75, 3.05) is 31.1 Å². The highest BCUT2D eigenvalue weighted by Crippen LogP contribution is 2.19. The molecule has 2 aromatic heterocycles. The van der Waals surface area contributed by atoms with Crippen LogP contribution >= 0.6 is 0 Å². The molecule has 0 bridgehead atoms. The van der Waals surface area contributed by atoms with Crippen molar-refractivity contribution in [2.45, 2.75) is 5.75 Å². The molecule has 11 heteroatoms. The van der Waals surface area contributed by atoms with E-state index in [0.717, 1.165) is 5.69 Å². The minimum Gasteiger partial charge on any atom is -0.503 e. The number of hydrogen-bond donors (Lipinski definition) is 2. The van der Waals surface area contributed by atoms with Crippen LogP contribution in [0.5, 0.6) is 5.75 Å². The molecule has 218 valence electrons.